The molecule has 4 aliphatic carbocycles. The first-order chi connectivity index (χ1) is 10.0. The topological polar surface area (TPSA) is 54.9 Å². The largest absolute Gasteiger partial charge is 0.346 e. The molecular weight excluding hydrogens is 309 g/mol. The number of carbonyl (C=O) groups is 1. The maximum absolute atomic E-state index is 12.6. The highest BCUT2D eigenvalue weighted by Gasteiger charge is 2.51. The maximum atomic E-state index is 12.6. The van der Waals surface area contributed by atoms with Crippen molar-refractivity contribution in [1.82, 2.24) is 15.5 Å². The van der Waals surface area contributed by atoms with Crippen molar-refractivity contribution < 1.29 is 4.79 Å². The Morgan fingerprint density at radius 2 is 1.67 bits per heavy atom. The zero-order valence-electron chi connectivity index (χ0n) is 11.6. The first-order valence-corrected chi connectivity index (χ1v) is 8.30. The molecule has 6 heteroatoms. The van der Waals surface area contributed by atoms with E-state index in [9.17, 15) is 4.79 Å². The molecule has 0 radical (unpaired) electrons. The first kappa shape index (κ1) is 13.8. The molecule has 1 aromatic heterocycles. The van der Waals surface area contributed by atoms with Crippen molar-refractivity contribution in [2.75, 3.05) is 0 Å². The van der Waals surface area contributed by atoms with Crippen LogP contribution in [-0.4, -0.2) is 21.6 Å². The van der Waals surface area contributed by atoms with E-state index < -0.39 is 0 Å². The second kappa shape index (κ2) is 4.82. The molecule has 5 rings (SSSR count). The zero-order chi connectivity index (χ0) is 14.6. The third kappa shape index (κ3) is 2.42. The summed E-state index contributed by atoms with van der Waals surface area (Å²) in [5, 5.41) is 10.9. The highest BCUT2D eigenvalue weighted by Crippen LogP contribution is 2.55. The molecule has 112 valence electrons. The van der Waals surface area contributed by atoms with Crippen LogP contribution in [0.2, 0.25) is 10.3 Å². The first-order valence-electron chi connectivity index (χ1n) is 7.54. The van der Waals surface area contributed by atoms with E-state index in [1.807, 2.05) is 0 Å². The van der Waals surface area contributed by atoms with Crippen LogP contribution < -0.4 is 5.32 Å². The summed E-state index contributed by atoms with van der Waals surface area (Å²) in [6.07, 6.45) is 7.35. The molecule has 0 saturated heterocycles. The predicted molar refractivity (Wildman–Crippen MR) is 80.4 cm³/mol. The van der Waals surface area contributed by atoms with Crippen molar-refractivity contribution >= 4 is 29.1 Å². The van der Waals surface area contributed by atoms with Gasteiger partial charge in [-0.3, -0.25) is 4.79 Å². The second-order valence-electron chi connectivity index (χ2n) is 7.02. The molecule has 0 unspecified atom stereocenters. The van der Waals surface area contributed by atoms with Crippen molar-refractivity contribution in [2.45, 2.75) is 44.1 Å². The Hall–Kier alpha value is -0.870. The van der Waals surface area contributed by atoms with Crippen LogP contribution in [0.4, 0.5) is 0 Å². The fourth-order valence-electron chi connectivity index (χ4n) is 5.08. The second-order valence-corrected chi connectivity index (χ2v) is 7.77. The third-order valence-corrected chi connectivity index (χ3v) is 5.84. The summed E-state index contributed by atoms with van der Waals surface area (Å²) >= 11 is 11.8. The van der Waals surface area contributed by atoms with Crippen molar-refractivity contribution in [3.05, 3.63) is 21.9 Å². The van der Waals surface area contributed by atoms with E-state index in [2.05, 4.69) is 15.5 Å². The van der Waals surface area contributed by atoms with Crippen LogP contribution in [0.25, 0.3) is 0 Å². The van der Waals surface area contributed by atoms with Gasteiger partial charge < -0.3 is 5.32 Å². The Labute approximate surface area is 133 Å². The Kier molecular flexibility index (Phi) is 3.16. The van der Waals surface area contributed by atoms with Crippen molar-refractivity contribution in [1.29, 1.82) is 0 Å². The fraction of sp³-hybridized carbons (Fsp3) is 0.667. The highest BCUT2D eigenvalue weighted by molar-refractivity contribution is 6.34. The molecule has 21 heavy (non-hydrogen) atoms. The van der Waals surface area contributed by atoms with E-state index in [1.54, 1.807) is 0 Å². The average Bonchev–Trinajstić information content (AvgIpc) is 2.39. The van der Waals surface area contributed by atoms with Gasteiger partial charge in [-0.15, -0.1) is 10.2 Å². The SMILES string of the molecule is O=C(NC12CC3CC(CC(C3)C1)C2)c1cc(Cl)nnc1Cl. The number of aromatic nitrogens is 2. The lowest BCUT2D eigenvalue weighted by Crippen LogP contribution is -2.59. The summed E-state index contributed by atoms with van der Waals surface area (Å²) in [5.41, 5.74) is 0.290. The van der Waals surface area contributed by atoms with E-state index in [4.69, 9.17) is 23.2 Å². The quantitative estimate of drug-likeness (QED) is 0.905. The fourth-order valence-corrected chi connectivity index (χ4v) is 5.41. The van der Waals surface area contributed by atoms with Crippen LogP contribution in [-0.2, 0) is 0 Å². The highest BCUT2D eigenvalue weighted by atomic mass is 35.5. The lowest BCUT2D eigenvalue weighted by atomic mass is 9.53. The van der Waals surface area contributed by atoms with Gasteiger partial charge in [-0.2, -0.15) is 0 Å². The summed E-state index contributed by atoms with van der Waals surface area (Å²) < 4.78 is 0. The smallest absolute Gasteiger partial charge is 0.255 e. The monoisotopic (exact) mass is 325 g/mol. The minimum atomic E-state index is -0.168. The lowest BCUT2D eigenvalue weighted by molar-refractivity contribution is -0.0167. The van der Waals surface area contributed by atoms with Gasteiger partial charge in [0, 0.05) is 5.54 Å². The average molecular weight is 326 g/mol. The van der Waals surface area contributed by atoms with E-state index in [1.165, 1.54) is 25.3 Å². The number of rotatable bonds is 2. The van der Waals surface area contributed by atoms with Gasteiger partial charge in [0.15, 0.2) is 10.3 Å². The molecule has 0 spiro atoms. The van der Waals surface area contributed by atoms with Gasteiger partial charge in [0.25, 0.3) is 5.91 Å². The summed E-state index contributed by atoms with van der Waals surface area (Å²) in [4.78, 5) is 12.6. The van der Waals surface area contributed by atoms with E-state index in [0.29, 0.717) is 5.56 Å². The summed E-state index contributed by atoms with van der Waals surface area (Å²) in [5.74, 6) is 2.18. The van der Waals surface area contributed by atoms with E-state index in [0.717, 1.165) is 37.0 Å². The van der Waals surface area contributed by atoms with Crippen LogP contribution in [0, 0.1) is 17.8 Å². The van der Waals surface area contributed by atoms with Crippen molar-refractivity contribution in [3.8, 4) is 0 Å². The molecule has 1 amide bonds. The molecule has 4 aliphatic rings. The van der Waals surface area contributed by atoms with Gasteiger partial charge in [0.2, 0.25) is 0 Å². The Morgan fingerprint density at radius 3 is 2.24 bits per heavy atom. The molecule has 0 aromatic carbocycles. The standard InChI is InChI=1S/C15H17Cl2N3O/c16-12-4-11(13(17)20-19-12)14(21)18-15-5-8-1-9(6-15)3-10(2-8)7-15/h4,8-10H,1-3,5-7H2,(H,18,21). The molecule has 4 nitrogen and oxygen atoms in total. The minimum Gasteiger partial charge on any atom is -0.346 e. The van der Waals surface area contributed by atoms with Gasteiger partial charge in [0.05, 0.1) is 5.56 Å². The van der Waals surface area contributed by atoms with E-state index in [-0.39, 0.29) is 21.8 Å². The van der Waals surface area contributed by atoms with Crippen molar-refractivity contribution in [3.63, 3.8) is 0 Å². The predicted octanol–water partition coefficient (Wildman–Crippen LogP) is 3.48. The number of nitrogens with zero attached hydrogens (tertiary/aromatic N) is 2. The minimum absolute atomic E-state index is 0.0368. The van der Waals surface area contributed by atoms with Crippen LogP contribution in [0.1, 0.15) is 48.9 Å². The van der Waals surface area contributed by atoms with Crippen LogP contribution in [0.5, 0.6) is 0 Å². The molecular formula is C15H17Cl2N3O. The van der Waals surface area contributed by atoms with Gasteiger partial charge >= 0.3 is 0 Å². The zero-order valence-corrected chi connectivity index (χ0v) is 13.1. The molecule has 1 aromatic rings. The van der Waals surface area contributed by atoms with Gasteiger partial charge in [-0.25, -0.2) is 0 Å². The van der Waals surface area contributed by atoms with Crippen LogP contribution in [0.3, 0.4) is 0 Å². The van der Waals surface area contributed by atoms with Gasteiger partial charge in [-0.1, -0.05) is 23.2 Å². The lowest BCUT2D eigenvalue weighted by Gasteiger charge is -2.56. The Morgan fingerprint density at radius 1 is 1.10 bits per heavy atom. The van der Waals surface area contributed by atoms with Gasteiger partial charge in [-0.05, 0) is 62.3 Å². The summed E-state index contributed by atoms with van der Waals surface area (Å²) in [6.45, 7) is 0. The number of hydrogen-bond donors (Lipinski definition) is 1. The van der Waals surface area contributed by atoms with Gasteiger partial charge in [0.1, 0.15) is 0 Å². The number of amides is 1. The molecule has 0 atom stereocenters. The Bertz CT molecular complexity index is 569. The number of halogens is 2. The molecule has 4 saturated carbocycles. The summed E-state index contributed by atoms with van der Waals surface area (Å²) in [7, 11) is 0. The van der Waals surface area contributed by atoms with Crippen LogP contribution >= 0.6 is 23.2 Å². The number of carbonyl (C=O) groups excluding carboxylic acids is 1. The van der Waals surface area contributed by atoms with Crippen LogP contribution in [0.15, 0.2) is 6.07 Å². The number of nitrogens with one attached hydrogen (secondary N) is 1. The molecule has 0 aliphatic heterocycles. The normalized spacial score (nSPS) is 36.8. The molecule has 4 bridgehead atoms. The maximum Gasteiger partial charge on any atom is 0.255 e. The molecule has 4 fully saturated rings. The summed E-state index contributed by atoms with van der Waals surface area (Å²) in [6, 6.07) is 1.49. The third-order valence-electron chi connectivity index (χ3n) is 5.38. The number of hydrogen-bond acceptors (Lipinski definition) is 3. The molecule has 1 heterocycles. The van der Waals surface area contributed by atoms with Crippen molar-refractivity contribution in [2.24, 2.45) is 17.8 Å². The van der Waals surface area contributed by atoms with E-state index >= 15 is 0 Å². The molecule has 1 N–H and O–H groups in total. The Balaban J connectivity index is 1.58.